The summed E-state index contributed by atoms with van der Waals surface area (Å²) in [6, 6.07) is 2.55. The maximum atomic E-state index is 12.5. The second-order valence-corrected chi connectivity index (χ2v) is 7.00. The molecular weight excluding hydrogens is 296 g/mol. The second kappa shape index (κ2) is 7.44. The van der Waals surface area contributed by atoms with Gasteiger partial charge in [0, 0.05) is 18.3 Å². The summed E-state index contributed by atoms with van der Waals surface area (Å²) in [6.45, 7) is 9.11. The van der Waals surface area contributed by atoms with Crippen LogP contribution in [0.15, 0.2) is 23.1 Å². The highest BCUT2D eigenvalue weighted by Gasteiger charge is 2.32. The van der Waals surface area contributed by atoms with Gasteiger partial charge in [0.2, 0.25) is 5.91 Å². The van der Waals surface area contributed by atoms with Gasteiger partial charge >= 0.3 is 5.97 Å². The Bertz CT molecular complexity index is 632. The van der Waals surface area contributed by atoms with E-state index in [0.717, 1.165) is 0 Å². The van der Waals surface area contributed by atoms with Crippen molar-refractivity contribution in [2.45, 2.75) is 53.6 Å². The third kappa shape index (κ3) is 5.23. The van der Waals surface area contributed by atoms with Gasteiger partial charge in [0.15, 0.2) is 0 Å². The van der Waals surface area contributed by atoms with Gasteiger partial charge in [0.1, 0.15) is 6.04 Å². The summed E-state index contributed by atoms with van der Waals surface area (Å²) < 4.78 is 1.48. The molecule has 128 valence electrons. The van der Waals surface area contributed by atoms with Gasteiger partial charge in [-0.3, -0.25) is 9.59 Å². The topological polar surface area (TPSA) is 88.4 Å². The number of aromatic nitrogens is 1. The fourth-order valence-corrected chi connectivity index (χ4v) is 2.33. The number of carboxylic acid groups (broad SMARTS) is 1. The number of amides is 1. The van der Waals surface area contributed by atoms with Crippen molar-refractivity contribution in [1.29, 1.82) is 0 Å². The van der Waals surface area contributed by atoms with E-state index in [9.17, 15) is 19.5 Å². The van der Waals surface area contributed by atoms with Crippen molar-refractivity contribution >= 4 is 11.9 Å². The number of pyridine rings is 1. The van der Waals surface area contributed by atoms with E-state index < -0.39 is 17.4 Å². The number of carboxylic acids is 1. The van der Waals surface area contributed by atoms with E-state index in [1.807, 2.05) is 13.8 Å². The highest BCUT2D eigenvalue weighted by atomic mass is 16.4. The van der Waals surface area contributed by atoms with E-state index in [0.29, 0.717) is 12.0 Å². The maximum Gasteiger partial charge on any atom is 0.326 e. The molecule has 6 nitrogen and oxygen atoms in total. The van der Waals surface area contributed by atoms with Gasteiger partial charge in [0.25, 0.3) is 5.56 Å². The predicted molar refractivity (Wildman–Crippen MR) is 88.2 cm³/mol. The lowest BCUT2D eigenvalue weighted by Gasteiger charge is -2.27. The summed E-state index contributed by atoms with van der Waals surface area (Å²) in [5.74, 6) is -1.27. The molecule has 0 aliphatic rings. The number of carbonyl (C=O) groups excluding carboxylic acids is 1. The third-order valence-corrected chi connectivity index (χ3v) is 3.70. The van der Waals surface area contributed by atoms with Crippen LogP contribution in [-0.4, -0.2) is 27.6 Å². The number of nitrogens with one attached hydrogen (secondary N) is 1. The van der Waals surface area contributed by atoms with Crippen molar-refractivity contribution in [2.75, 3.05) is 0 Å². The van der Waals surface area contributed by atoms with E-state index in [2.05, 4.69) is 5.32 Å². The standard InChI is InChI=1S/C17H26N2O4/c1-11(2)9-13(15(21)22)18-16(23)17(4,5)10-19-8-6-7-12(3)14(19)20/h6-8,11,13H,9-10H2,1-5H3,(H,18,23)(H,21,22). The molecule has 6 heteroatoms. The summed E-state index contributed by atoms with van der Waals surface area (Å²) in [5.41, 5.74) is -0.445. The van der Waals surface area contributed by atoms with Crippen LogP contribution >= 0.6 is 0 Å². The molecule has 1 unspecified atom stereocenters. The van der Waals surface area contributed by atoms with Crippen LogP contribution in [0.3, 0.4) is 0 Å². The Morgan fingerprint density at radius 2 is 1.96 bits per heavy atom. The van der Waals surface area contributed by atoms with Crippen molar-refractivity contribution < 1.29 is 14.7 Å². The Kier molecular flexibility index (Phi) is 6.12. The number of rotatable bonds is 7. The first-order valence-electron chi connectivity index (χ1n) is 7.74. The van der Waals surface area contributed by atoms with E-state index in [1.54, 1.807) is 39.1 Å². The SMILES string of the molecule is Cc1cccn(CC(C)(C)C(=O)NC(CC(C)C)C(=O)O)c1=O. The molecule has 0 saturated carbocycles. The van der Waals surface area contributed by atoms with Crippen LogP contribution in [0.4, 0.5) is 0 Å². The maximum absolute atomic E-state index is 12.5. The number of aliphatic carboxylic acids is 1. The van der Waals surface area contributed by atoms with Crippen molar-refractivity contribution in [3.63, 3.8) is 0 Å². The third-order valence-electron chi connectivity index (χ3n) is 3.70. The molecule has 1 amide bonds. The number of hydrogen-bond acceptors (Lipinski definition) is 3. The molecule has 0 saturated heterocycles. The minimum atomic E-state index is -1.05. The lowest BCUT2D eigenvalue weighted by atomic mass is 9.91. The van der Waals surface area contributed by atoms with Gasteiger partial charge in [-0.2, -0.15) is 0 Å². The van der Waals surface area contributed by atoms with Crippen LogP contribution in [0, 0.1) is 18.3 Å². The van der Waals surface area contributed by atoms with Crippen LogP contribution in [0.1, 0.15) is 39.7 Å². The largest absolute Gasteiger partial charge is 0.480 e. The highest BCUT2D eigenvalue weighted by molar-refractivity contribution is 5.86. The van der Waals surface area contributed by atoms with Crippen LogP contribution in [0.2, 0.25) is 0 Å². The van der Waals surface area contributed by atoms with Crippen LogP contribution in [-0.2, 0) is 16.1 Å². The minimum Gasteiger partial charge on any atom is -0.480 e. The molecule has 1 heterocycles. The van der Waals surface area contributed by atoms with Crippen LogP contribution in [0.5, 0.6) is 0 Å². The molecule has 0 fully saturated rings. The van der Waals surface area contributed by atoms with Gasteiger partial charge in [-0.05, 0) is 39.2 Å². The number of hydrogen-bond donors (Lipinski definition) is 2. The van der Waals surface area contributed by atoms with E-state index in [-0.39, 0.29) is 23.9 Å². The lowest BCUT2D eigenvalue weighted by Crippen LogP contribution is -2.49. The molecule has 1 aromatic rings. The number of nitrogens with zero attached hydrogens (tertiary/aromatic N) is 1. The Morgan fingerprint density at radius 3 is 2.48 bits per heavy atom. The molecule has 2 N–H and O–H groups in total. The molecule has 0 aliphatic carbocycles. The minimum absolute atomic E-state index is 0.148. The van der Waals surface area contributed by atoms with Gasteiger partial charge in [-0.25, -0.2) is 4.79 Å². The van der Waals surface area contributed by atoms with E-state index >= 15 is 0 Å². The quantitative estimate of drug-likeness (QED) is 0.801. The Morgan fingerprint density at radius 1 is 1.35 bits per heavy atom. The van der Waals surface area contributed by atoms with Crippen LogP contribution in [0.25, 0.3) is 0 Å². The Balaban J connectivity index is 2.89. The Labute approximate surface area is 136 Å². The average Bonchev–Trinajstić information content (AvgIpc) is 2.42. The molecular formula is C17H26N2O4. The zero-order valence-electron chi connectivity index (χ0n) is 14.4. The summed E-state index contributed by atoms with van der Waals surface area (Å²) in [5, 5.41) is 11.8. The number of aryl methyl sites for hydroxylation is 1. The Hall–Kier alpha value is -2.11. The predicted octanol–water partition coefficient (Wildman–Crippen LogP) is 1.80. The first-order chi connectivity index (χ1) is 10.5. The summed E-state index contributed by atoms with van der Waals surface area (Å²) in [7, 11) is 0. The van der Waals surface area contributed by atoms with Crippen molar-refractivity contribution in [3.05, 3.63) is 34.2 Å². The number of carbonyl (C=O) groups is 2. The summed E-state index contributed by atoms with van der Waals surface area (Å²) >= 11 is 0. The molecule has 1 atom stereocenters. The molecule has 0 aliphatic heterocycles. The van der Waals surface area contributed by atoms with Crippen molar-refractivity contribution in [2.24, 2.45) is 11.3 Å². The molecule has 0 spiro atoms. The molecule has 1 rings (SSSR count). The van der Waals surface area contributed by atoms with Crippen LogP contribution < -0.4 is 10.9 Å². The van der Waals surface area contributed by atoms with Gasteiger partial charge in [0.05, 0.1) is 5.41 Å². The van der Waals surface area contributed by atoms with Gasteiger partial charge < -0.3 is 15.0 Å². The molecule has 23 heavy (non-hydrogen) atoms. The van der Waals surface area contributed by atoms with Crippen molar-refractivity contribution in [3.8, 4) is 0 Å². The zero-order valence-corrected chi connectivity index (χ0v) is 14.4. The fourth-order valence-electron chi connectivity index (χ4n) is 2.33. The molecule has 0 bridgehead atoms. The van der Waals surface area contributed by atoms with E-state index in [4.69, 9.17) is 0 Å². The lowest BCUT2D eigenvalue weighted by molar-refractivity contribution is -0.144. The monoisotopic (exact) mass is 322 g/mol. The summed E-state index contributed by atoms with van der Waals surface area (Å²) in [6.07, 6.45) is 1.99. The van der Waals surface area contributed by atoms with Crippen molar-refractivity contribution in [1.82, 2.24) is 9.88 Å². The summed E-state index contributed by atoms with van der Waals surface area (Å²) in [4.78, 5) is 35.8. The smallest absolute Gasteiger partial charge is 0.326 e. The first-order valence-corrected chi connectivity index (χ1v) is 7.74. The van der Waals surface area contributed by atoms with Gasteiger partial charge in [-0.15, -0.1) is 0 Å². The first kappa shape index (κ1) is 18.9. The normalized spacial score (nSPS) is 13.0. The average molecular weight is 322 g/mol. The second-order valence-electron chi connectivity index (χ2n) is 7.00. The highest BCUT2D eigenvalue weighted by Crippen LogP contribution is 2.19. The molecule has 1 aromatic heterocycles. The van der Waals surface area contributed by atoms with Gasteiger partial charge in [-0.1, -0.05) is 19.9 Å². The molecule has 0 aromatic carbocycles. The van der Waals surface area contributed by atoms with E-state index in [1.165, 1.54) is 4.57 Å². The molecule has 0 radical (unpaired) electrons. The fraction of sp³-hybridized carbons (Fsp3) is 0.588. The zero-order chi connectivity index (χ0) is 17.8.